The maximum Gasteiger partial charge on any atom is 0.302 e. The molecular weight excluding hydrogens is 601 g/mol. The van der Waals surface area contributed by atoms with Gasteiger partial charge in [0.25, 0.3) is 0 Å². The van der Waals surface area contributed by atoms with Crippen LogP contribution in [0.25, 0.3) is 0 Å². The molecule has 16 atom stereocenters. The maximum atomic E-state index is 11.4. The molecule has 2 spiro atoms. The van der Waals surface area contributed by atoms with Crippen molar-refractivity contribution in [2.75, 3.05) is 0 Å². The van der Waals surface area contributed by atoms with Crippen molar-refractivity contribution in [1.29, 1.82) is 0 Å². The minimum atomic E-state index is -0.0898. The van der Waals surface area contributed by atoms with Crippen molar-refractivity contribution in [1.82, 2.24) is 0 Å². The van der Waals surface area contributed by atoms with Gasteiger partial charge in [0.1, 0.15) is 6.10 Å². The molecule has 10 rings (SSSR count). The quantitative estimate of drug-likeness (QED) is 0.223. The molecule has 0 heterocycles. The third-order valence-electron chi connectivity index (χ3n) is 19.3. The number of esters is 1. The van der Waals surface area contributed by atoms with Gasteiger partial charge in [-0.1, -0.05) is 38.2 Å². The summed E-state index contributed by atoms with van der Waals surface area (Å²) in [6.45, 7) is 6.79. The summed E-state index contributed by atoms with van der Waals surface area (Å²) in [5, 5.41) is 10.2. The van der Waals surface area contributed by atoms with Crippen LogP contribution in [0.15, 0.2) is 24.3 Å². The first-order chi connectivity index (χ1) is 23.7. The summed E-state index contributed by atoms with van der Waals surface area (Å²) >= 11 is 0. The van der Waals surface area contributed by atoms with E-state index < -0.39 is 0 Å². The van der Waals surface area contributed by atoms with Crippen molar-refractivity contribution in [2.45, 2.75) is 174 Å². The summed E-state index contributed by atoms with van der Waals surface area (Å²) in [5.74, 6) is 9.28. The smallest absolute Gasteiger partial charge is 0.302 e. The molecule has 272 valence electrons. The van der Waals surface area contributed by atoms with Gasteiger partial charge in [0.05, 0.1) is 6.10 Å². The van der Waals surface area contributed by atoms with E-state index in [-0.39, 0.29) is 18.2 Å². The van der Waals surface area contributed by atoms with Crippen molar-refractivity contribution >= 4 is 5.97 Å². The second-order valence-corrected chi connectivity index (χ2v) is 20.6. The highest BCUT2D eigenvalue weighted by molar-refractivity contribution is 5.66. The Balaban J connectivity index is 0.000000134. The van der Waals surface area contributed by atoms with Gasteiger partial charge in [-0.25, -0.2) is 0 Å². The van der Waals surface area contributed by atoms with Crippen LogP contribution in [0, 0.1) is 80.8 Å². The number of aliphatic hydroxyl groups is 1. The number of ether oxygens (including phenoxy) is 1. The van der Waals surface area contributed by atoms with Gasteiger partial charge in [0.15, 0.2) is 0 Å². The number of carbonyl (C=O) groups is 1. The molecule has 3 heteroatoms. The Morgan fingerprint density at radius 2 is 1.08 bits per heavy atom. The van der Waals surface area contributed by atoms with Crippen molar-refractivity contribution in [2.24, 2.45) is 80.8 Å². The fraction of sp³-hybridized carbons (Fsp3) is 0.891. The highest BCUT2D eigenvalue weighted by Gasteiger charge is 2.62. The first-order valence-electron chi connectivity index (χ1n) is 21.9. The number of allylic oxidation sites excluding steroid dienone is 4. The standard InChI is InChI=1S/C24H36O2.C22H34O/c1-16(25)26-19-10-13-23(2)18(15-19)6-8-20-21(23)11-14-24-12-4-3-5-17(24)7-9-22(20)24;1-21-12-9-17(23)14-16(21)5-7-18-19(21)10-13-22-11-3-2-4-15(22)6-8-20(18)22/h4,12,17-22H,3,5-11,13-15H2,1-2H3;3,11,15-20,23H,2,4-10,12-14H2,1H3/t17-,18-,19+,20?,21?,22?,23-,24+;15-,16-,17+,18?,19?,20?,21-,22+/m00/s1. The number of hydrogen-bond donors (Lipinski definition) is 1. The molecule has 0 amide bonds. The zero-order chi connectivity index (χ0) is 33.6. The lowest BCUT2D eigenvalue weighted by Gasteiger charge is -2.61. The molecule has 8 saturated carbocycles. The van der Waals surface area contributed by atoms with Crippen molar-refractivity contribution < 1.29 is 14.6 Å². The summed E-state index contributed by atoms with van der Waals surface area (Å²) in [7, 11) is 0. The Hall–Kier alpha value is -1.09. The van der Waals surface area contributed by atoms with E-state index >= 15 is 0 Å². The van der Waals surface area contributed by atoms with Crippen LogP contribution in [0.4, 0.5) is 0 Å². The molecule has 1 N–H and O–H groups in total. The molecule has 6 unspecified atom stereocenters. The molecule has 0 bridgehead atoms. The van der Waals surface area contributed by atoms with Gasteiger partial charge in [-0.3, -0.25) is 4.79 Å². The van der Waals surface area contributed by atoms with E-state index in [1.54, 1.807) is 6.92 Å². The minimum Gasteiger partial charge on any atom is -0.463 e. The van der Waals surface area contributed by atoms with E-state index in [0.717, 1.165) is 84.9 Å². The molecule has 3 nitrogen and oxygen atoms in total. The Bertz CT molecular complexity index is 1320. The average molecular weight is 671 g/mol. The second-order valence-electron chi connectivity index (χ2n) is 20.6. The van der Waals surface area contributed by atoms with Gasteiger partial charge in [0.2, 0.25) is 0 Å². The minimum absolute atomic E-state index is 0.00306. The molecule has 8 fully saturated rings. The van der Waals surface area contributed by atoms with Crippen molar-refractivity contribution in [3.8, 4) is 0 Å². The third-order valence-corrected chi connectivity index (χ3v) is 19.3. The fourth-order valence-electron chi connectivity index (χ4n) is 17.2. The average Bonchev–Trinajstić information content (AvgIpc) is 3.69. The van der Waals surface area contributed by atoms with E-state index in [4.69, 9.17) is 4.74 Å². The largest absolute Gasteiger partial charge is 0.463 e. The van der Waals surface area contributed by atoms with Crippen LogP contribution >= 0.6 is 0 Å². The Labute approximate surface area is 299 Å². The molecule has 0 aromatic rings. The molecular formula is C46H70O3. The second kappa shape index (κ2) is 12.5. The van der Waals surface area contributed by atoms with Crippen molar-refractivity contribution in [3.63, 3.8) is 0 Å². The monoisotopic (exact) mass is 671 g/mol. The number of hydrogen-bond acceptors (Lipinski definition) is 3. The third kappa shape index (κ3) is 5.20. The fourth-order valence-corrected chi connectivity index (χ4v) is 17.2. The van der Waals surface area contributed by atoms with Crippen LogP contribution in [0.1, 0.15) is 162 Å². The Kier molecular flexibility index (Phi) is 8.61. The Morgan fingerprint density at radius 1 is 0.571 bits per heavy atom. The van der Waals surface area contributed by atoms with E-state index in [1.165, 1.54) is 116 Å². The van der Waals surface area contributed by atoms with E-state index in [2.05, 4.69) is 38.2 Å². The highest BCUT2D eigenvalue weighted by atomic mass is 16.5. The van der Waals surface area contributed by atoms with E-state index in [1.807, 2.05) is 0 Å². The van der Waals surface area contributed by atoms with Crippen LogP contribution in [0.3, 0.4) is 0 Å². The molecule has 0 aliphatic heterocycles. The first-order valence-corrected chi connectivity index (χ1v) is 21.9. The lowest BCUT2D eigenvalue weighted by atomic mass is 9.44. The van der Waals surface area contributed by atoms with Crippen LogP contribution in [-0.2, 0) is 9.53 Å². The molecule has 49 heavy (non-hydrogen) atoms. The lowest BCUT2D eigenvalue weighted by molar-refractivity contribution is -0.159. The van der Waals surface area contributed by atoms with Gasteiger partial charge in [0, 0.05) is 6.92 Å². The predicted octanol–water partition coefficient (Wildman–Crippen LogP) is 11.2. The summed E-state index contributed by atoms with van der Waals surface area (Å²) < 4.78 is 5.61. The van der Waals surface area contributed by atoms with Crippen LogP contribution < -0.4 is 0 Å². The molecule has 0 aromatic heterocycles. The van der Waals surface area contributed by atoms with Gasteiger partial charge in [-0.2, -0.15) is 0 Å². The number of rotatable bonds is 1. The summed E-state index contributed by atoms with van der Waals surface area (Å²) in [6, 6.07) is 0. The molecule has 0 saturated heterocycles. The van der Waals surface area contributed by atoms with Crippen LogP contribution in [0.2, 0.25) is 0 Å². The lowest BCUT2D eigenvalue weighted by Crippen LogP contribution is -2.54. The van der Waals surface area contributed by atoms with Crippen LogP contribution in [0.5, 0.6) is 0 Å². The van der Waals surface area contributed by atoms with E-state index in [9.17, 15) is 9.90 Å². The number of carbonyl (C=O) groups excluding carboxylic acids is 1. The molecule has 10 aliphatic rings. The molecule has 10 aliphatic carbocycles. The number of aliphatic hydroxyl groups excluding tert-OH is 1. The normalized spacial score (nSPS) is 55.0. The maximum absolute atomic E-state index is 11.4. The zero-order valence-electron chi connectivity index (χ0n) is 31.6. The highest BCUT2D eigenvalue weighted by Crippen LogP contribution is 2.71. The predicted molar refractivity (Wildman–Crippen MR) is 197 cm³/mol. The summed E-state index contributed by atoms with van der Waals surface area (Å²) in [6.07, 6.45) is 40.7. The van der Waals surface area contributed by atoms with E-state index in [0.29, 0.717) is 21.7 Å². The zero-order valence-corrected chi connectivity index (χ0v) is 31.6. The number of fused-ring (bicyclic) bond motifs is 8. The van der Waals surface area contributed by atoms with Gasteiger partial charge < -0.3 is 9.84 Å². The molecule has 0 aromatic carbocycles. The summed E-state index contributed by atoms with van der Waals surface area (Å²) in [4.78, 5) is 11.4. The van der Waals surface area contributed by atoms with Gasteiger partial charge in [-0.15, -0.1) is 0 Å². The van der Waals surface area contributed by atoms with Gasteiger partial charge >= 0.3 is 5.97 Å². The topological polar surface area (TPSA) is 46.5 Å². The van der Waals surface area contributed by atoms with Crippen LogP contribution in [-0.4, -0.2) is 23.3 Å². The van der Waals surface area contributed by atoms with Crippen molar-refractivity contribution in [3.05, 3.63) is 24.3 Å². The SMILES string of the molecule is CC(=O)O[C@@H]1CC[C@]2(C)C3CC[C@]45C=CCC[C@H]4CCC5C3CC[C@H]2C1.C[C@]12CC[C@@H](O)C[C@@H]1CCC1C3CC[C@@H]4CCC=C[C@]34CCC12. The summed E-state index contributed by atoms with van der Waals surface area (Å²) in [5.41, 5.74) is 2.23. The molecule has 0 radical (unpaired) electrons. The van der Waals surface area contributed by atoms with Gasteiger partial charge in [-0.05, 0) is 222 Å². The first kappa shape index (κ1) is 33.7. The Morgan fingerprint density at radius 3 is 1.63 bits per heavy atom.